The first kappa shape index (κ1) is 26.8. The van der Waals surface area contributed by atoms with Gasteiger partial charge in [0.2, 0.25) is 0 Å². The quantitative estimate of drug-likeness (QED) is 0.221. The van der Waals surface area contributed by atoms with E-state index in [9.17, 15) is 18.4 Å². The molecule has 0 saturated heterocycles. The van der Waals surface area contributed by atoms with E-state index in [1.165, 1.54) is 43.5 Å². The number of rotatable bonds is 6. The second-order valence-corrected chi connectivity index (χ2v) is 7.82. The van der Waals surface area contributed by atoms with E-state index in [1.807, 2.05) is 30.4 Å². The standard InChI is InChI=1S/C16H13FO2.C15H11FO2/c1-19-16(18)14-9-7-12(8-10-14)5-6-13-3-2-4-15(17)11-13;16-14-3-1-2-12(10-14)5-4-11-6-8-13(9-7-11)15(17)18/h2-11H,1H3;1-10H,(H,17,18)/b6-5+;5-4+. The molecule has 0 aliphatic rings. The number of hydrogen-bond donors (Lipinski definition) is 1. The molecule has 4 aromatic carbocycles. The minimum Gasteiger partial charge on any atom is -0.478 e. The lowest BCUT2D eigenvalue weighted by Crippen LogP contribution is -2.00. The zero-order chi connectivity index (χ0) is 26.6. The summed E-state index contributed by atoms with van der Waals surface area (Å²) in [6.07, 6.45) is 7.26. The lowest BCUT2D eigenvalue weighted by atomic mass is 10.1. The van der Waals surface area contributed by atoms with E-state index in [0.717, 1.165) is 22.3 Å². The molecule has 0 atom stereocenters. The van der Waals surface area contributed by atoms with Crippen molar-refractivity contribution >= 4 is 36.2 Å². The number of halogens is 2. The molecule has 0 unspecified atom stereocenters. The van der Waals surface area contributed by atoms with Crippen LogP contribution in [0.5, 0.6) is 0 Å². The smallest absolute Gasteiger partial charge is 0.337 e. The molecule has 4 rings (SSSR count). The van der Waals surface area contributed by atoms with Crippen LogP contribution in [0.25, 0.3) is 24.3 Å². The number of benzene rings is 4. The molecule has 37 heavy (non-hydrogen) atoms. The van der Waals surface area contributed by atoms with Gasteiger partial charge in [-0.1, -0.05) is 72.8 Å². The van der Waals surface area contributed by atoms with E-state index >= 15 is 0 Å². The predicted molar refractivity (Wildman–Crippen MR) is 142 cm³/mol. The molecule has 4 nitrogen and oxygen atoms in total. The van der Waals surface area contributed by atoms with Crippen molar-refractivity contribution in [2.75, 3.05) is 7.11 Å². The van der Waals surface area contributed by atoms with Gasteiger partial charge in [0.05, 0.1) is 18.2 Å². The number of methoxy groups -OCH3 is 1. The molecule has 0 amide bonds. The summed E-state index contributed by atoms with van der Waals surface area (Å²) in [6, 6.07) is 26.1. The van der Waals surface area contributed by atoms with E-state index < -0.39 is 5.97 Å². The highest BCUT2D eigenvalue weighted by molar-refractivity contribution is 5.89. The largest absolute Gasteiger partial charge is 0.478 e. The molecule has 4 aromatic rings. The Hall–Kier alpha value is -4.84. The lowest BCUT2D eigenvalue weighted by molar-refractivity contribution is 0.0599. The molecule has 0 aliphatic carbocycles. The van der Waals surface area contributed by atoms with E-state index in [4.69, 9.17) is 5.11 Å². The van der Waals surface area contributed by atoms with Gasteiger partial charge in [-0.05, 0) is 70.8 Å². The van der Waals surface area contributed by atoms with E-state index in [2.05, 4.69) is 4.74 Å². The van der Waals surface area contributed by atoms with Crippen LogP contribution < -0.4 is 0 Å². The minimum atomic E-state index is -0.948. The van der Waals surface area contributed by atoms with E-state index in [-0.39, 0.29) is 23.2 Å². The van der Waals surface area contributed by atoms with Crippen molar-refractivity contribution < 1.29 is 28.2 Å². The van der Waals surface area contributed by atoms with E-state index in [0.29, 0.717) is 5.56 Å². The van der Waals surface area contributed by atoms with E-state index in [1.54, 1.807) is 54.6 Å². The summed E-state index contributed by atoms with van der Waals surface area (Å²) in [5, 5.41) is 8.75. The number of esters is 1. The molecule has 0 saturated carbocycles. The third-order valence-electron chi connectivity index (χ3n) is 5.12. The Kier molecular flexibility index (Phi) is 9.62. The van der Waals surface area contributed by atoms with Gasteiger partial charge in [0.15, 0.2) is 0 Å². The molecule has 186 valence electrons. The first-order chi connectivity index (χ1) is 17.8. The van der Waals surface area contributed by atoms with Gasteiger partial charge >= 0.3 is 11.9 Å². The Morgan fingerprint density at radius 1 is 0.622 bits per heavy atom. The molecular formula is C31H24F2O4. The maximum absolute atomic E-state index is 13.0. The molecule has 0 fully saturated rings. The summed E-state index contributed by atoms with van der Waals surface area (Å²) in [4.78, 5) is 21.9. The summed E-state index contributed by atoms with van der Waals surface area (Å²) < 4.78 is 30.5. The molecule has 0 radical (unpaired) electrons. The molecule has 6 heteroatoms. The third-order valence-corrected chi connectivity index (χ3v) is 5.12. The van der Waals surface area contributed by atoms with Crippen molar-refractivity contribution in [1.82, 2.24) is 0 Å². The predicted octanol–water partition coefficient (Wildman–Crippen LogP) is 7.48. The van der Waals surface area contributed by atoms with Crippen LogP contribution in [0.3, 0.4) is 0 Å². The zero-order valence-corrected chi connectivity index (χ0v) is 20.0. The van der Waals surface area contributed by atoms with Gasteiger partial charge in [-0.2, -0.15) is 0 Å². The fraction of sp³-hybridized carbons (Fsp3) is 0.0323. The number of carboxylic acid groups (broad SMARTS) is 1. The average molecular weight is 499 g/mol. The first-order valence-electron chi connectivity index (χ1n) is 11.2. The van der Waals surface area contributed by atoms with Gasteiger partial charge in [0.25, 0.3) is 0 Å². The van der Waals surface area contributed by atoms with Crippen molar-refractivity contribution in [3.05, 3.63) is 142 Å². The van der Waals surface area contributed by atoms with Crippen molar-refractivity contribution in [2.45, 2.75) is 0 Å². The summed E-state index contributed by atoms with van der Waals surface area (Å²) in [6.45, 7) is 0. The van der Waals surface area contributed by atoms with Crippen molar-refractivity contribution in [2.24, 2.45) is 0 Å². The third kappa shape index (κ3) is 8.71. The van der Waals surface area contributed by atoms with Gasteiger partial charge in [-0.15, -0.1) is 0 Å². The molecule has 0 spiro atoms. The number of ether oxygens (including phenoxy) is 1. The second kappa shape index (κ2) is 13.3. The first-order valence-corrected chi connectivity index (χ1v) is 11.2. The van der Waals surface area contributed by atoms with Crippen LogP contribution in [0.1, 0.15) is 43.0 Å². The highest BCUT2D eigenvalue weighted by atomic mass is 19.1. The maximum Gasteiger partial charge on any atom is 0.337 e. The normalized spacial score (nSPS) is 10.7. The Morgan fingerprint density at radius 2 is 1.03 bits per heavy atom. The second-order valence-electron chi connectivity index (χ2n) is 7.82. The van der Waals surface area contributed by atoms with Crippen LogP contribution in [0.4, 0.5) is 8.78 Å². The molecule has 0 bridgehead atoms. The van der Waals surface area contributed by atoms with Gasteiger partial charge in [0, 0.05) is 0 Å². The number of carbonyl (C=O) groups excluding carboxylic acids is 1. The molecular weight excluding hydrogens is 474 g/mol. The Balaban J connectivity index is 0.000000206. The lowest BCUT2D eigenvalue weighted by Gasteiger charge is -1.99. The molecule has 0 heterocycles. The molecule has 0 aromatic heterocycles. The number of hydrogen-bond acceptors (Lipinski definition) is 3. The Bertz CT molecular complexity index is 1410. The van der Waals surface area contributed by atoms with Crippen LogP contribution in [0.15, 0.2) is 97.1 Å². The number of carbonyl (C=O) groups is 2. The topological polar surface area (TPSA) is 63.6 Å². The van der Waals surface area contributed by atoms with Crippen LogP contribution in [-0.2, 0) is 4.74 Å². The van der Waals surface area contributed by atoms with Gasteiger partial charge < -0.3 is 9.84 Å². The summed E-state index contributed by atoms with van der Waals surface area (Å²) >= 11 is 0. The highest BCUT2D eigenvalue weighted by Gasteiger charge is 2.03. The highest BCUT2D eigenvalue weighted by Crippen LogP contribution is 2.12. The SMILES string of the molecule is COC(=O)c1ccc(/C=C/c2cccc(F)c2)cc1.O=C(O)c1ccc(/C=C/c2cccc(F)c2)cc1. The van der Waals surface area contributed by atoms with Gasteiger partial charge in [0.1, 0.15) is 11.6 Å². The average Bonchev–Trinajstić information content (AvgIpc) is 2.91. The van der Waals surface area contributed by atoms with Crippen LogP contribution >= 0.6 is 0 Å². The fourth-order valence-electron chi connectivity index (χ4n) is 3.19. The monoisotopic (exact) mass is 498 g/mol. The fourth-order valence-corrected chi connectivity index (χ4v) is 3.19. The molecule has 1 N–H and O–H groups in total. The Morgan fingerprint density at radius 3 is 1.41 bits per heavy atom. The Labute approximate surface area is 213 Å². The summed E-state index contributed by atoms with van der Waals surface area (Å²) in [5.41, 5.74) is 4.10. The number of aromatic carboxylic acids is 1. The van der Waals surface area contributed by atoms with Crippen molar-refractivity contribution in [3.8, 4) is 0 Å². The van der Waals surface area contributed by atoms with Crippen molar-refractivity contribution in [3.63, 3.8) is 0 Å². The van der Waals surface area contributed by atoms with Gasteiger partial charge in [-0.25, -0.2) is 18.4 Å². The number of carboxylic acids is 1. The van der Waals surface area contributed by atoms with Crippen LogP contribution in [0, 0.1) is 11.6 Å². The van der Waals surface area contributed by atoms with Crippen LogP contribution in [-0.4, -0.2) is 24.2 Å². The van der Waals surface area contributed by atoms with Crippen molar-refractivity contribution in [1.29, 1.82) is 0 Å². The van der Waals surface area contributed by atoms with Gasteiger partial charge in [-0.3, -0.25) is 0 Å². The molecule has 0 aliphatic heterocycles. The zero-order valence-electron chi connectivity index (χ0n) is 20.0. The minimum absolute atomic E-state index is 0.248. The summed E-state index contributed by atoms with van der Waals surface area (Å²) in [7, 11) is 1.35. The maximum atomic E-state index is 13.0. The van der Waals surface area contributed by atoms with Crippen LogP contribution in [0.2, 0.25) is 0 Å². The summed E-state index contributed by atoms with van der Waals surface area (Å²) in [5.74, 6) is -1.85.